The first-order valence-electron chi connectivity index (χ1n) is 6.98. The molecule has 2 heterocycles. The summed E-state index contributed by atoms with van der Waals surface area (Å²) >= 11 is 0. The number of likely N-dealkylation sites (tertiary alicyclic amines) is 1. The van der Waals surface area contributed by atoms with Gasteiger partial charge in [0.25, 0.3) is 0 Å². The summed E-state index contributed by atoms with van der Waals surface area (Å²) in [6.07, 6.45) is 9.86. The van der Waals surface area contributed by atoms with Gasteiger partial charge < -0.3 is 9.47 Å². The summed E-state index contributed by atoms with van der Waals surface area (Å²) in [5, 5.41) is 0. The van der Waals surface area contributed by atoms with Crippen molar-refractivity contribution in [3.8, 4) is 0 Å². The zero-order valence-electron chi connectivity index (χ0n) is 11.8. The molecule has 0 aliphatic carbocycles. The Morgan fingerprint density at radius 1 is 1.44 bits per heavy atom. The molecule has 3 heteroatoms. The molecule has 3 nitrogen and oxygen atoms in total. The molecule has 2 aliphatic rings. The molecule has 0 aromatic rings. The Morgan fingerprint density at radius 3 is 2.67 bits per heavy atom. The molecule has 1 spiro atoms. The number of hydrogen-bond donors (Lipinski definition) is 0. The number of methoxy groups -OCH3 is 1. The van der Waals surface area contributed by atoms with E-state index in [1.807, 2.05) is 0 Å². The maximum Gasteiger partial charge on any atom is 0.187 e. The number of piperidine rings is 1. The van der Waals surface area contributed by atoms with Crippen LogP contribution in [0.2, 0.25) is 0 Å². The van der Waals surface area contributed by atoms with Crippen molar-refractivity contribution < 1.29 is 9.47 Å². The molecule has 0 aromatic carbocycles. The fourth-order valence-electron chi connectivity index (χ4n) is 2.69. The van der Waals surface area contributed by atoms with Gasteiger partial charge in [0.2, 0.25) is 0 Å². The molecule has 18 heavy (non-hydrogen) atoms. The predicted molar refractivity (Wildman–Crippen MR) is 73.5 cm³/mol. The van der Waals surface area contributed by atoms with Crippen LogP contribution >= 0.6 is 0 Å². The van der Waals surface area contributed by atoms with Crippen molar-refractivity contribution >= 4 is 0 Å². The monoisotopic (exact) mass is 251 g/mol. The Morgan fingerprint density at radius 2 is 2.17 bits per heavy atom. The van der Waals surface area contributed by atoms with Crippen molar-refractivity contribution in [1.82, 2.24) is 4.90 Å². The lowest BCUT2D eigenvalue weighted by molar-refractivity contribution is 0.0949. The first-order valence-corrected chi connectivity index (χ1v) is 6.98. The summed E-state index contributed by atoms with van der Waals surface area (Å²) in [7, 11) is 1.74. The normalized spacial score (nSPS) is 28.2. The fourth-order valence-corrected chi connectivity index (χ4v) is 2.69. The van der Waals surface area contributed by atoms with Gasteiger partial charge in [0.05, 0.1) is 0 Å². The molecule has 2 fully saturated rings. The molecule has 0 radical (unpaired) electrons. The van der Waals surface area contributed by atoms with Gasteiger partial charge >= 0.3 is 0 Å². The van der Waals surface area contributed by atoms with Gasteiger partial charge in [-0.3, -0.25) is 4.90 Å². The molecule has 102 valence electrons. The van der Waals surface area contributed by atoms with Gasteiger partial charge in [0, 0.05) is 26.7 Å². The Bertz CT molecular complexity index is 327. The summed E-state index contributed by atoms with van der Waals surface area (Å²) in [5.41, 5.74) is 1.56. The van der Waals surface area contributed by atoms with Gasteiger partial charge in [0.1, 0.15) is 5.60 Å². The molecule has 1 atom stereocenters. The summed E-state index contributed by atoms with van der Waals surface area (Å²) in [6.45, 7) is 7.62. The largest absolute Gasteiger partial charge is 0.353 e. The molecule has 2 aliphatic heterocycles. The molecule has 0 saturated carbocycles. The summed E-state index contributed by atoms with van der Waals surface area (Å²) < 4.78 is 10.9. The number of ether oxygens (including phenoxy) is 2. The van der Waals surface area contributed by atoms with Gasteiger partial charge in [0.15, 0.2) is 6.29 Å². The van der Waals surface area contributed by atoms with Crippen molar-refractivity contribution in [3.05, 3.63) is 23.8 Å². The molecular weight excluding hydrogens is 226 g/mol. The van der Waals surface area contributed by atoms with E-state index in [2.05, 4.69) is 37.0 Å². The second-order valence-electron chi connectivity index (χ2n) is 5.23. The average molecular weight is 251 g/mol. The average Bonchev–Trinajstić information content (AvgIpc) is 3.10. The maximum absolute atomic E-state index is 5.66. The lowest BCUT2D eigenvalue weighted by Crippen LogP contribution is -2.39. The number of epoxide rings is 1. The molecule has 2 rings (SSSR count). The zero-order chi connectivity index (χ0) is 13.0. The molecule has 2 saturated heterocycles. The van der Waals surface area contributed by atoms with Crippen LogP contribution in [0.3, 0.4) is 0 Å². The molecular formula is C15H25NO2. The second kappa shape index (κ2) is 6.00. The lowest BCUT2D eigenvalue weighted by Gasteiger charge is -2.31. The maximum atomic E-state index is 5.66. The van der Waals surface area contributed by atoms with Gasteiger partial charge in [-0.25, -0.2) is 0 Å². The van der Waals surface area contributed by atoms with E-state index in [0.29, 0.717) is 0 Å². The van der Waals surface area contributed by atoms with Crippen molar-refractivity contribution in [3.63, 3.8) is 0 Å². The first-order chi connectivity index (χ1) is 8.74. The highest BCUT2D eigenvalue weighted by Gasteiger charge is 2.57. The predicted octanol–water partition coefficient (Wildman–Crippen LogP) is 2.74. The van der Waals surface area contributed by atoms with E-state index in [0.717, 1.165) is 38.9 Å². The van der Waals surface area contributed by atoms with E-state index in [-0.39, 0.29) is 11.9 Å². The number of allylic oxidation sites excluding steroid dienone is 3. The number of nitrogens with zero attached hydrogens (tertiary/aromatic N) is 1. The quantitative estimate of drug-likeness (QED) is 0.555. The molecule has 0 amide bonds. The molecule has 1 unspecified atom stereocenters. The SMILES string of the molecule is C/C=C\C=C(/CC)CN1CCC2(CC1)OC2OC. The Hall–Kier alpha value is -0.640. The summed E-state index contributed by atoms with van der Waals surface area (Å²) in [5.74, 6) is 0. The van der Waals surface area contributed by atoms with Crippen molar-refractivity contribution in [2.75, 3.05) is 26.7 Å². The van der Waals surface area contributed by atoms with Gasteiger partial charge in [-0.05, 0) is 26.2 Å². The van der Waals surface area contributed by atoms with E-state index in [9.17, 15) is 0 Å². The first kappa shape index (κ1) is 13.8. The zero-order valence-corrected chi connectivity index (χ0v) is 11.8. The third kappa shape index (κ3) is 3.02. The minimum absolute atomic E-state index is 0.0591. The fraction of sp³-hybridized carbons (Fsp3) is 0.733. The van der Waals surface area contributed by atoms with E-state index >= 15 is 0 Å². The van der Waals surface area contributed by atoms with Gasteiger partial charge in [-0.2, -0.15) is 0 Å². The Labute approximate surface area is 110 Å². The molecule has 0 bridgehead atoms. The minimum atomic E-state index is 0.0591. The van der Waals surface area contributed by atoms with Gasteiger partial charge in [-0.1, -0.05) is 30.7 Å². The highest BCUT2D eigenvalue weighted by molar-refractivity contribution is 5.14. The van der Waals surface area contributed by atoms with Crippen LogP contribution in [0.4, 0.5) is 0 Å². The third-order valence-corrected chi connectivity index (χ3v) is 4.04. The van der Waals surface area contributed by atoms with Crippen LogP contribution in [0.15, 0.2) is 23.8 Å². The highest BCUT2D eigenvalue weighted by atomic mass is 16.8. The minimum Gasteiger partial charge on any atom is -0.353 e. The summed E-state index contributed by atoms with van der Waals surface area (Å²) in [4.78, 5) is 2.53. The summed E-state index contributed by atoms with van der Waals surface area (Å²) in [6, 6.07) is 0. The van der Waals surface area contributed by atoms with Crippen LogP contribution in [0.25, 0.3) is 0 Å². The van der Waals surface area contributed by atoms with Crippen LogP contribution in [-0.2, 0) is 9.47 Å². The molecule has 0 N–H and O–H groups in total. The Balaban J connectivity index is 1.80. The van der Waals surface area contributed by atoms with Gasteiger partial charge in [-0.15, -0.1) is 0 Å². The smallest absolute Gasteiger partial charge is 0.187 e. The van der Waals surface area contributed by atoms with E-state index in [1.165, 1.54) is 5.57 Å². The number of rotatable bonds is 5. The van der Waals surface area contributed by atoms with Crippen molar-refractivity contribution in [1.29, 1.82) is 0 Å². The van der Waals surface area contributed by atoms with Crippen LogP contribution in [0.5, 0.6) is 0 Å². The van der Waals surface area contributed by atoms with Crippen molar-refractivity contribution in [2.24, 2.45) is 0 Å². The van der Waals surface area contributed by atoms with Crippen LogP contribution < -0.4 is 0 Å². The topological polar surface area (TPSA) is 25.0 Å². The second-order valence-corrected chi connectivity index (χ2v) is 5.23. The van der Waals surface area contributed by atoms with E-state index in [1.54, 1.807) is 7.11 Å². The van der Waals surface area contributed by atoms with Crippen LogP contribution in [0, 0.1) is 0 Å². The van der Waals surface area contributed by atoms with E-state index < -0.39 is 0 Å². The Kier molecular flexibility index (Phi) is 4.60. The standard InChI is InChI=1S/C15H25NO2/c1-4-6-7-13(5-2)12-16-10-8-15(9-11-16)14(17-3)18-15/h4,6-7,14H,5,8-12H2,1-3H3/b6-4-,13-7+. The van der Waals surface area contributed by atoms with Crippen LogP contribution in [0.1, 0.15) is 33.1 Å². The lowest BCUT2D eigenvalue weighted by atomic mass is 9.96. The molecule has 0 aromatic heterocycles. The third-order valence-electron chi connectivity index (χ3n) is 4.04. The van der Waals surface area contributed by atoms with Crippen LogP contribution in [-0.4, -0.2) is 43.5 Å². The number of hydrogen-bond acceptors (Lipinski definition) is 3. The highest BCUT2D eigenvalue weighted by Crippen LogP contribution is 2.45. The van der Waals surface area contributed by atoms with E-state index in [4.69, 9.17) is 9.47 Å². The van der Waals surface area contributed by atoms with Crippen molar-refractivity contribution in [2.45, 2.75) is 45.0 Å².